The van der Waals surface area contributed by atoms with Gasteiger partial charge in [-0.05, 0) is 6.92 Å². The maximum atomic E-state index is 13.3. The van der Waals surface area contributed by atoms with Gasteiger partial charge in [-0.1, -0.05) is 6.58 Å². The van der Waals surface area contributed by atoms with Crippen LogP contribution in [0.15, 0.2) is 12.2 Å². The van der Waals surface area contributed by atoms with Crippen LogP contribution in [0.1, 0.15) is 13.3 Å². The molecule has 1 atom stereocenters. The van der Waals surface area contributed by atoms with Gasteiger partial charge < -0.3 is 9.84 Å². The second-order valence-electron chi connectivity index (χ2n) is 4.40. The number of aliphatic hydroxyl groups excluding tert-OH is 1. The Morgan fingerprint density at radius 2 is 1.64 bits per heavy atom. The predicted molar refractivity (Wildman–Crippen MR) is 57.2 cm³/mol. The monoisotopic (exact) mass is 344 g/mol. The Labute approximate surface area is 119 Å². The van der Waals surface area contributed by atoms with E-state index in [2.05, 4.69) is 11.3 Å². The minimum Gasteiger partial charge on any atom is -0.456 e. The van der Waals surface area contributed by atoms with Gasteiger partial charge in [0.05, 0.1) is 13.0 Å². The van der Waals surface area contributed by atoms with Crippen molar-refractivity contribution in [3.63, 3.8) is 0 Å². The Hall–Kier alpha value is -1.39. The fourth-order valence-electron chi connectivity index (χ4n) is 1.19. The van der Waals surface area contributed by atoms with Gasteiger partial charge in [0.25, 0.3) is 0 Å². The summed E-state index contributed by atoms with van der Waals surface area (Å²) in [5, 5.41) is 8.68. The second kappa shape index (κ2) is 6.80. The third-order valence-electron chi connectivity index (χ3n) is 2.46. The SMILES string of the molecule is C=C(C)C(=O)OC(CO)CC(F)(F)C(F)(F)C(F)(F)C(F)F. The van der Waals surface area contributed by atoms with Crippen LogP contribution in [0, 0.1) is 0 Å². The minimum absolute atomic E-state index is 0.341. The van der Waals surface area contributed by atoms with Gasteiger partial charge in [-0.3, -0.25) is 0 Å². The Kier molecular flexibility index (Phi) is 6.37. The van der Waals surface area contributed by atoms with E-state index in [1.54, 1.807) is 0 Å². The van der Waals surface area contributed by atoms with Gasteiger partial charge in [0.15, 0.2) is 0 Å². The van der Waals surface area contributed by atoms with Crippen molar-refractivity contribution < 1.29 is 49.8 Å². The van der Waals surface area contributed by atoms with Crippen molar-refractivity contribution in [3.05, 3.63) is 12.2 Å². The summed E-state index contributed by atoms with van der Waals surface area (Å²) in [7, 11) is 0. The van der Waals surface area contributed by atoms with Crippen LogP contribution in [0.2, 0.25) is 0 Å². The number of esters is 1. The van der Waals surface area contributed by atoms with Crippen molar-refractivity contribution in [1.82, 2.24) is 0 Å². The molecule has 1 N–H and O–H groups in total. The fraction of sp³-hybridized carbons (Fsp3) is 0.727. The molecule has 0 aliphatic carbocycles. The lowest BCUT2D eigenvalue weighted by atomic mass is 9.99. The summed E-state index contributed by atoms with van der Waals surface area (Å²) in [5.74, 6) is -19.7. The maximum Gasteiger partial charge on any atom is 0.377 e. The highest BCUT2D eigenvalue weighted by atomic mass is 19.4. The molecule has 0 radical (unpaired) electrons. The summed E-state index contributed by atoms with van der Waals surface area (Å²) in [4.78, 5) is 11.0. The molecule has 0 bridgehead atoms. The van der Waals surface area contributed by atoms with Crippen molar-refractivity contribution in [2.75, 3.05) is 6.61 Å². The van der Waals surface area contributed by atoms with Gasteiger partial charge in [-0.25, -0.2) is 13.6 Å². The topological polar surface area (TPSA) is 46.5 Å². The molecule has 0 aromatic rings. The molecule has 0 aromatic carbocycles. The number of hydrogen-bond donors (Lipinski definition) is 1. The van der Waals surface area contributed by atoms with E-state index in [0.717, 1.165) is 6.92 Å². The number of halogens is 8. The highest BCUT2D eigenvalue weighted by Crippen LogP contribution is 2.50. The standard InChI is InChI=1S/C11H12F8O3/c1-5(2)7(21)22-6(4-20)3-9(14,15)11(18,19)10(16,17)8(12)13/h6,8,20H,1,3-4H2,2H3. The molecule has 22 heavy (non-hydrogen) atoms. The van der Waals surface area contributed by atoms with Crippen LogP contribution < -0.4 is 0 Å². The smallest absolute Gasteiger partial charge is 0.377 e. The van der Waals surface area contributed by atoms with Crippen LogP contribution in [0.4, 0.5) is 35.1 Å². The molecule has 0 saturated carbocycles. The van der Waals surface area contributed by atoms with Gasteiger partial charge in [0, 0.05) is 5.57 Å². The zero-order valence-electron chi connectivity index (χ0n) is 11.1. The summed E-state index contributed by atoms with van der Waals surface area (Å²) in [6.45, 7) is 2.69. The molecule has 0 amide bonds. The molecular formula is C11H12F8O3. The van der Waals surface area contributed by atoms with E-state index in [-0.39, 0.29) is 5.57 Å². The number of aliphatic hydroxyl groups is 1. The van der Waals surface area contributed by atoms with Crippen LogP contribution in [-0.4, -0.2) is 48.0 Å². The largest absolute Gasteiger partial charge is 0.456 e. The predicted octanol–water partition coefficient (Wildman–Crippen LogP) is 3.03. The molecule has 130 valence electrons. The molecule has 1 unspecified atom stereocenters. The number of carbonyl (C=O) groups is 1. The summed E-state index contributed by atoms with van der Waals surface area (Å²) in [5.41, 5.74) is -0.341. The van der Waals surface area contributed by atoms with Crippen LogP contribution in [-0.2, 0) is 9.53 Å². The zero-order chi connectivity index (χ0) is 17.9. The zero-order valence-corrected chi connectivity index (χ0v) is 11.1. The Bertz CT molecular complexity index is 422. The van der Waals surface area contributed by atoms with E-state index < -0.39 is 49.3 Å². The molecule has 0 saturated heterocycles. The molecular weight excluding hydrogens is 332 g/mol. The summed E-state index contributed by atoms with van der Waals surface area (Å²) in [6, 6.07) is 0. The van der Waals surface area contributed by atoms with E-state index >= 15 is 0 Å². The molecule has 3 nitrogen and oxygen atoms in total. The number of ether oxygens (including phenoxy) is 1. The number of hydrogen-bond acceptors (Lipinski definition) is 3. The lowest BCUT2D eigenvalue weighted by molar-refractivity contribution is -0.342. The first-order valence-corrected chi connectivity index (χ1v) is 5.59. The van der Waals surface area contributed by atoms with Gasteiger partial charge in [-0.2, -0.15) is 26.3 Å². The molecule has 11 heteroatoms. The van der Waals surface area contributed by atoms with E-state index in [9.17, 15) is 39.9 Å². The van der Waals surface area contributed by atoms with Crippen molar-refractivity contribution in [2.24, 2.45) is 0 Å². The molecule has 0 spiro atoms. The normalized spacial score (nSPS) is 14.9. The van der Waals surface area contributed by atoms with Crippen molar-refractivity contribution in [1.29, 1.82) is 0 Å². The molecule has 0 heterocycles. The van der Waals surface area contributed by atoms with Crippen molar-refractivity contribution >= 4 is 5.97 Å². The summed E-state index contributed by atoms with van der Waals surface area (Å²) in [6.07, 6.45) is -9.63. The highest BCUT2D eigenvalue weighted by Gasteiger charge is 2.75. The second-order valence-corrected chi connectivity index (χ2v) is 4.40. The minimum atomic E-state index is -6.42. The first-order valence-electron chi connectivity index (χ1n) is 5.59. The van der Waals surface area contributed by atoms with Gasteiger partial charge >= 0.3 is 30.2 Å². The summed E-state index contributed by atoms with van der Waals surface area (Å²) < 4.78 is 106. The van der Waals surface area contributed by atoms with E-state index in [4.69, 9.17) is 5.11 Å². The maximum absolute atomic E-state index is 13.3. The third-order valence-corrected chi connectivity index (χ3v) is 2.46. The lowest BCUT2D eigenvalue weighted by Gasteiger charge is -2.33. The van der Waals surface area contributed by atoms with Crippen LogP contribution >= 0.6 is 0 Å². The average Bonchev–Trinajstić information content (AvgIpc) is 2.36. The van der Waals surface area contributed by atoms with Crippen LogP contribution in [0.3, 0.4) is 0 Å². The van der Waals surface area contributed by atoms with Crippen LogP contribution in [0.5, 0.6) is 0 Å². The molecule has 0 rings (SSSR count). The Morgan fingerprint density at radius 1 is 1.18 bits per heavy atom. The molecule has 0 fully saturated rings. The fourth-order valence-corrected chi connectivity index (χ4v) is 1.19. The van der Waals surface area contributed by atoms with E-state index in [0.29, 0.717) is 0 Å². The number of alkyl halides is 8. The Balaban J connectivity index is 5.29. The number of carbonyl (C=O) groups excluding carboxylic acids is 1. The van der Waals surface area contributed by atoms with Gasteiger partial charge in [0.1, 0.15) is 6.10 Å². The van der Waals surface area contributed by atoms with E-state index in [1.165, 1.54) is 0 Å². The molecule has 0 aliphatic heterocycles. The number of rotatable bonds is 8. The Morgan fingerprint density at radius 3 is 1.95 bits per heavy atom. The highest BCUT2D eigenvalue weighted by molar-refractivity contribution is 5.87. The summed E-state index contributed by atoms with van der Waals surface area (Å²) >= 11 is 0. The average molecular weight is 344 g/mol. The van der Waals surface area contributed by atoms with Crippen molar-refractivity contribution in [2.45, 2.75) is 43.6 Å². The quantitative estimate of drug-likeness (QED) is 0.418. The third kappa shape index (κ3) is 4.08. The van der Waals surface area contributed by atoms with Crippen LogP contribution in [0.25, 0.3) is 0 Å². The molecule has 0 aromatic heterocycles. The van der Waals surface area contributed by atoms with Gasteiger partial charge in [0.2, 0.25) is 0 Å². The van der Waals surface area contributed by atoms with E-state index in [1.807, 2.05) is 0 Å². The first-order chi connectivity index (χ1) is 9.70. The lowest BCUT2D eigenvalue weighted by Crippen LogP contribution is -2.58. The first kappa shape index (κ1) is 20.6. The van der Waals surface area contributed by atoms with Gasteiger partial charge in [-0.15, -0.1) is 0 Å². The van der Waals surface area contributed by atoms with Crippen molar-refractivity contribution in [3.8, 4) is 0 Å². The molecule has 0 aliphatic rings.